The Kier molecular flexibility index (Phi) is 4.23. The first kappa shape index (κ1) is 14.4. The fourth-order valence-electron chi connectivity index (χ4n) is 1.19. The molecule has 0 atom stereocenters. The van der Waals surface area contributed by atoms with Crippen LogP contribution >= 0.6 is 39.1 Å². The summed E-state index contributed by atoms with van der Waals surface area (Å²) in [5.74, 6) is -4.82. The molecule has 0 aliphatic heterocycles. The van der Waals surface area contributed by atoms with Gasteiger partial charge in [-0.05, 0) is 22.0 Å². The largest absolute Gasteiger partial charge is 0.435 e. The molecule has 1 aromatic carbocycles. The van der Waals surface area contributed by atoms with E-state index in [0.717, 1.165) is 0 Å². The standard InChI is InChI=1S/C11H3BrCl2F3NO/c12-4-1-6(14)9(2-5(4)13)19-11-8(16)3-7(15)10(17)18-11/h1-3H. The fourth-order valence-corrected chi connectivity index (χ4v) is 2.02. The Labute approximate surface area is 124 Å². The van der Waals surface area contributed by atoms with Crippen molar-refractivity contribution in [3.05, 3.63) is 50.3 Å². The van der Waals surface area contributed by atoms with Gasteiger partial charge in [0.2, 0.25) is 0 Å². The van der Waals surface area contributed by atoms with Gasteiger partial charge in [0.15, 0.2) is 11.6 Å². The third kappa shape index (κ3) is 3.13. The lowest BCUT2D eigenvalue weighted by Gasteiger charge is -2.09. The van der Waals surface area contributed by atoms with Crippen molar-refractivity contribution in [1.29, 1.82) is 0 Å². The minimum Gasteiger partial charge on any atom is -0.435 e. The molecule has 0 aliphatic rings. The van der Waals surface area contributed by atoms with E-state index in [1.165, 1.54) is 12.1 Å². The number of rotatable bonds is 2. The number of halogens is 6. The first-order valence-electron chi connectivity index (χ1n) is 4.72. The maximum atomic E-state index is 13.3. The molecule has 0 saturated carbocycles. The highest BCUT2D eigenvalue weighted by molar-refractivity contribution is 9.10. The number of aromatic nitrogens is 1. The van der Waals surface area contributed by atoms with Crippen LogP contribution in [0.4, 0.5) is 13.2 Å². The summed E-state index contributed by atoms with van der Waals surface area (Å²) in [7, 11) is 0. The summed E-state index contributed by atoms with van der Waals surface area (Å²) in [4.78, 5) is 3.01. The molecule has 0 N–H and O–H groups in total. The average Bonchev–Trinajstić information content (AvgIpc) is 2.32. The third-order valence-corrected chi connectivity index (χ3v) is 3.53. The van der Waals surface area contributed by atoms with Crippen LogP contribution in [0.25, 0.3) is 0 Å². The highest BCUT2D eigenvalue weighted by atomic mass is 79.9. The molecule has 0 saturated heterocycles. The predicted molar refractivity (Wildman–Crippen MR) is 68.3 cm³/mol. The summed E-state index contributed by atoms with van der Waals surface area (Å²) in [6.45, 7) is 0. The van der Waals surface area contributed by atoms with Crippen molar-refractivity contribution < 1.29 is 17.9 Å². The van der Waals surface area contributed by atoms with Crippen LogP contribution in [0.1, 0.15) is 0 Å². The maximum absolute atomic E-state index is 13.3. The van der Waals surface area contributed by atoms with Crippen molar-refractivity contribution in [3.8, 4) is 11.6 Å². The Balaban J connectivity index is 2.42. The Morgan fingerprint density at radius 3 is 2.37 bits per heavy atom. The van der Waals surface area contributed by atoms with Crippen LogP contribution < -0.4 is 4.74 Å². The van der Waals surface area contributed by atoms with Crippen LogP contribution in [0.2, 0.25) is 10.0 Å². The highest BCUT2D eigenvalue weighted by Crippen LogP contribution is 2.36. The lowest BCUT2D eigenvalue weighted by molar-refractivity contribution is 0.387. The molecule has 0 radical (unpaired) electrons. The van der Waals surface area contributed by atoms with E-state index in [1.807, 2.05) is 0 Å². The summed E-state index contributed by atoms with van der Waals surface area (Å²) in [6.07, 6.45) is 0. The van der Waals surface area contributed by atoms with E-state index in [0.29, 0.717) is 10.5 Å². The monoisotopic (exact) mass is 371 g/mol. The van der Waals surface area contributed by atoms with Gasteiger partial charge in [0.05, 0.1) is 10.0 Å². The van der Waals surface area contributed by atoms with Crippen LogP contribution in [-0.4, -0.2) is 4.98 Å². The molecular formula is C11H3BrCl2F3NO. The zero-order valence-corrected chi connectivity index (χ0v) is 12.0. The molecule has 2 aromatic rings. The van der Waals surface area contributed by atoms with Crippen LogP contribution in [-0.2, 0) is 0 Å². The number of benzene rings is 1. The number of ether oxygens (including phenoxy) is 1. The Bertz CT molecular complexity index is 599. The summed E-state index contributed by atoms with van der Waals surface area (Å²) in [6, 6.07) is 3.03. The predicted octanol–water partition coefficient (Wildman–Crippen LogP) is 5.36. The summed E-state index contributed by atoms with van der Waals surface area (Å²) >= 11 is 14.8. The summed E-state index contributed by atoms with van der Waals surface area (Å²) in [5, 5.41) is 0.351. The van der Waals surface area contributed by atoms with Gasteiger partial charge in [0.1, 0.15) is 5.75 Å². The van der Waals surface area contributed by atoms with Crippen LogP contribution in [0, 0.1) is 17.6 Å². The fraction of sp³-hybridized carbons (Fsp3) is 0. The molecule has 0 unspecified atom stereocenters. The summed E-state index contributed by atoms with van der Waals surface area (Å²) < 4.78 is 44.4. The van der Waals surface area contributed by atoms with E-state index in [1.54, 1.807) is 0 Å². The Hall–Kier alpha value is -0.980. The lowest BCUT2D eigenvalue weighted by Crippen LogP contribution is -1.98. The second-order valence-electron chi connectivity index (χ2n) is 3.35. The molecule has 0 amide bonds. The van der Waals surface area contributed by atoms with Crippen LogP contribution in [0.5, 0.6) is 11.6 Å². The molecule has 0 bridgehead atoms. The zero-order valence-electron chi connectivity index (χ0n) is 8.86. The number of hydrogen-bond donors (Lipinski definition) is 0. The molecule has 0 aliphatic carbocycles. The Morgan fingerprint density at radius 1 is 1.00 bits per heavy atom. The van der Waals surface area contributed by atoms with Gasteiger partial charge in [0.25, 0.3) is 11.8 Å². The van der Waals surface area contributed by atoms with Crippen molar-refractivity contribution in [2.45, 2.75) is 0 Å². The first-order chi connectivity index (χ1) is 8.88. The normalized spacial score (nSPS) is 10.6. The van der Waals surface area contributed by atoms with E-state index in [-0.39, 0.29) is 15.8 Å². The molecule has 19 heavy (non-hydrogen) atoms. The number of nitrogens with zero attached hydrogens (tertiary/aromatic N) is 1. The second kappa shape index (κ2) is 5.56. The van der Waals surface area contributed by atoms with Crippen molar-refractivity contribution in [1.82, 2.24) is 4.98 Å². The van der Waals surface area contributed by atoms with Gasteiger partial charge in [-0.3, -0.25) is 0 Å². The molecule has 100 valence electrons. The quantitative estimate of drug-likeness (QED) is 0.523. The highest BCUT2D eigenvalue weighted by Gasteiger charge is 2.16. The molecule has 8 heteroatoms. The molecule has 0 spiro atoms. The molecular weight excluding hydrogens is 370 g/mol. The molecule has 2 rings (SSSR count). The van der Waals surface area contributed by atoms with E-state index in [9.17, 15) is 13.2 Å². The zero-order chi connectivity index (χ0) is 14.2. The topological polar surface area (TPSA) is 22.1 Å². The van der Waals surface area contributed by atoms with E-state index >= 15 is 0 Å². The van der Waals surface area contributed by atoms with Crippen LogP contribution in [0.15, 0.2) is 22.7 Å². The van der Waals surface area contributed by atoms with Gasteiger partial charge in [-0.1, -0.05) is 23.2 Å². The van der Waals surface area contributed by atoms with Crippen molar-refractivity contribution in [3.63, 3.8) is 0 Å². The van der Waals surface area contributed by atoms with Gasteiger partial charge in [-0.2, -0.15) is 9.37 Å². The lowest BCUT2D eigenvalue weighted by atomic mass is 10.3. The van der Waals surface area contributed by atoms with Gasteiger partial charge in [-0.15, -0.1) is 0 Å². The van der Waals surface area contributed by atoms with Crippen LogP contribution in [0.3, 0.4) is 0 Å². The van der Waals surface area contributed by atoms with E-state index in [2.05, 4.69) is 20.9 Å². The average molecular weight is 373 g/mol. The van der Waals surface area contributed by atoms with Gasteiger partial charge in [0, 0.05) is 16.6 Å². The third-order valence-electron chi connectivity index (χ3n) is 2.04. The maximum Gasteiger partial charge on any atom is 0.258 e. The van der Waals surface area contributed by atoms with Gasteiger partial charge >= 0.3 is 0 Å². The minimum absolute atomic E-state index is 0.0349. The minimum atomic E-state index is -1.48. The Morgan fingerprint density at radius 2 is 1.68 bits per heavy atom. The van der Waals surface area contributed by atoms with Gasteiger partial charge in [-0.25, -0.2) is 8.78 Å². The number of pyridine rings is 1. The van der Waals surface area contributed by atoms with Crippen molar-refractivity contribution in [2.75, 3.05) is 0 Å². The van der Waals surface area contributed by atoms with Crippen molar-refractivity contribution in [2.24, 2.45) is 0 Å². The number of hydrogen-bond acceptors (Lipinski definition) is 2. The van der Waals surface area contributed by atoms with E-state index in [4.69, 9.17) is 27.9 Å². The smallest absolute Gasteiger partial charge is 0.258 e. The van der Waals surface area contributed by atoms with Crippen molar-refractivity contribution >= 4 is 39.1 Å². The molecule has 1 heterocycles. The summed E-state index contributed by atoms with van der Waals surface area (Å²) in [5.41, 5.74) is 0. The second-order valence-corrected chi connectivity index (χ2v) is 5.02. The van der Waals surface area contributed by atoms with Gasteiger partial charge < -0.3 is 4.74 Å². The SMILES string of the molecule is Fc1cc(F)c(Oc2cc(Cl)c(Br)cc2Cl)nc1F. The molecule has 0 fully saturated rings. The molecule has 2 nitrogen and oxygen atoms in total. The first-order valence-corrected chi connectivity index (χ1v) is 6.27. The van der Waals surface area contributed by atoms with E-state index < -0.39 is 23.5 Å². The molecule has 1 aromatic heterocycles.